The second-order valence-corrected chi connectivity index (χ2v) is 7.42. The molecule has 164 valence electrons. The van der Waals surface area contributed by atoms with Crippen LogP contribution in [0.3, 0.4) is 0 Å². The summed E-state index contributed by atoms with van der Waals surface area (Å²) in [6, 6.07) is 16.1. The molecule has 2 aromatic carbocycles. The Bertz CT molecular complexity index is 907. The van der Waals surface area contributed by atoms with Gasteiger partial charge in [0.05, 0.1) is 19.3 Å². The van der Waals surface area contributed by atoms with Gasteiger partial charge in [0.25, 0.3) is 5.91 Å². The molecular formula is C23H26N2O6. The second kappa shape index (κ2) is 10.1. The molecule has 2 aromatic rings. The molecule has 1 aliphatic rings. The molecule has 31 heavy (non-hydrogen) atoms. The molecule has 1 atom stereocenters. The Morgan fingerprint density at radius 1 is 1.06 bits per heavy atom. The number of nitrogens with one attached hydrogen (secondary N) is 1. The summed E-state index contributed by atoms with van der Waals surface area (Å²) in [5, 5.41) is 2.72. The lowest BCUT2D eigenvalue weighted by atomic mass is 9.96. The third-order valence-electron chi connectivity index (χ3n) is 5.13. The van der Waals surface area contributed by atoms with Crippen molar-refractivity contribution in [3.8, 4) is 0 Å². The van der Waals surface area contributed by atoms with Crippen LogP contribution in [0.1, 0.15) is 27.9 Å². The second-order valence-electron chi connectivity index (χ2n) is 7.42. The van der Waals surface area contributed by atoms with Gasteiger partial charge in [0.1, 0.15) is 12.1 Å². The highest BCUT2D eigenvalue weighted by molar-refractivity contribution is 5.91. The van der Waals surface area contributed by atoms with E-state index in [-0.39, 0.29) is 19.1 Å². The summed E-state index contributed by atoms with van der Waals surface area (Å²) in [5.41, 5.74) is 0.954. The number of nitrogens with zero attached hydrogens (tertiary/aromatic N) is 1. The molecule has 3 rings (SSSR count). The Balaban J connectivity index is 1.62. The van der Waals surface area contributed by atoms with E-state index >= 15 is 0 Å². The van der Waals surface area contributed by atoms with E-state index in [1.165, 1.54) is 12.0 Å². The van der Waals surface area contributed by atoms with Gasteiger partial charge in [0.2, 0.25) is 0 Å². The summed E-state index contributed by atoms with van der Waals surface area (Å²) in [6.45, 7) is 0.868. The molecule has 0 aromatic heterocycles. The van der Waals surface area contributed by atoms with Gasteiger partial charge in [-0.2, -0.15) is 0 Å². The number of rotatable bonds is 7. The lowest BCUT2D eigenvalue weighted by Gasteiger charge is -2.31. The summed E-state index contributed by atoms with van der Waals surface area (Å²) in [5.74, 6) is -0.685. The van der Waals surface area contributed by atoms with E-state index in [1.807, 2.05) is 30.3 Å². The molecule has 0 spiro atoms. The van der Waals surface area contributed by atoms with E-state index in [4.69, 9.17) is 14.2 Å². The van der Waals surface area contributed by atoms with E-state index in [9.17, 15) is 14.4 Å². The number of amides is 2. The number of hydrogen-bond acceptors (Lipinski definition) is 6. The van der Waals surface area contributed by atoms with Gasteiger partial charge in [-0.05, 0) is 23.3 Å². The molecule has 2 amide bonds. The Morgan fingerprint density at radius 3 is 2.39 bits per heavy atom. The monoisotopic (exact) mass is 426 g/mol. The van der Waals surface area contributed by atoms with Crippen molar-refractivity contribution in [3.63, 3.8) is 0 Å². The van der Waals surface area contributed by atoms with Crippen molar-refractivity contribution in [3.05, 3.63) is 71.3 Å². The summed E-state index contributed by atoms with van der Waals surface area (Å²) in [4.78, 5) is 38.7. The summed E-state index contributed by atoms with van der Waals surface area (Å²) in [6.07, 6.45) is -0.309. The number of hydrogen-bond donors (Lipinski definition) is 1. The molecule has 0 saturated carbocycles. The van der Waals surface area contributed by atoms with Crippen LogP contribution in [-0.4, -0.2) is 55.8 Å². The van der Waals surface area contributed by atoms with Crippen molar-refractivity contribution < 1.29 is 28.6 Å². The maximum atomic E-state index is 13.2. The van der Waals surface area contributed by atoms with Crippen LogP contribution in [0.2, 0.25) is 0 Å². The Morgan fingerprint density at radius 2 is 1.77 bits per heavy atom. The molecule has 1 saturated heterocycles. The first kappa shape index (κ1) is 22.3. The van der Waals surface area contributed by atoms with Crippen LogP contribution in [-0.2, 0) is 32.2 Å². The number of carbonyl (C=O) groups is 3. The molecule has 1 fully saturated rings. The zero-order chi connectivity index (χ0) is 22.3. The Kier molecular flexibility index (Phi) is 7.25. The van der Waals surface area contributed by atoms with Crippen molar-refractivity contribution in [1.82, 2.24) is 10.2 Å². The predicted molar refractivity (Wildman–Crippen MR) is 112 cm³/mol. The van der Waals surface area contributed by atoms with Crippen LogP contribution in [0.5, 0.6) is 0 Å². The number of alkyl carbamates (subject to hydrolysis) is 1. The average Bonchev–Trinajstić information content (AvgIpc) is 3.27. The standard InChI is InChI=1S/C23H26N2O6/c1-25(14-17-8-10-19(11-9-17)20(26)29-2)21(27)23(12-13-30-16-23)24-22(28)31-15-18-6-4-3-5-7-18/h3-11H,12-16H2,1-2H3,(H,24,28)/t23-/m1/s1. The van der Waals surface area contributed by atoms with Gasteiger partial charge in [-0.1, -0.05) is 42.5 Å². The van der Waals surface area contributed by atoms with Crippen LogP contribution in [0.15, 0.2) is 54.6 Å². The highest BCUT2D eigenvalue weighted by atomic mass is 16.6. The largest absolute Gasteiger partial charge is 0.465 e. The molecular weight excluding hydrogens is 400 g/mol. The lowest BCUT2D eigenvalue weighted by Crippen LogP contribution is -2.59. The quantitative estimate of drug-likeness (QED) is 0.684. The lowest BCUT2D eigenvalue weighted by molar-refractivity contribution is -0.137. The average molecular weight is 426 g/mol. The van der Waals surface area contributed by atoms with E-state index in [0.29, 0.717) is 25.1 Å². The number of ether oxygens (including phenoxy) is 3. The molecule has 1 heterocycles. The molecule has 0 unspecified atom stereocenters. The maximum Gasteiger partial charge on any atom is 0.408 e. The molecule has 0 radical (unpaired) electrons. The van der Waals surface area contributed by atoms with E-state index < -0.39 is 17.6 Å². The fraction of sp³-hybridized carbons (Fsp3) is 0.348. The first-order valence-electron chi connectivity index (χ1n) is 9.93. The minimum Gasteiger partial charge on any atom is -0.465 e. The molecule has 0 bridgehead atoms. The number of carbonyl (C=O) groups excluding carboxylic acids is 3. The van der Waals surface area contributed by atoms with E-state index in [2.05, 4.69) is 5.32 Å². The third-order valence-corrected chi connectivity index (χ3v) is 5.13. The van der Waals surface area contributed by atoms with Crippen molar-refractivity contribution >= 4 is 18.0 Å². The topological polar surface area (TPSA) is 94.2 Å². The van der Waals surface area contributed by atoms with Crippen molar-refractivity contribution in [2.45, 2.75) is 25.1 Å². The Hall–Kier alpha value is -3.39. The number of methoxy groups -OCH3 is 1. The van der Waals surface area contributed by atoms with Crippen LogP contribution in [0.25, 0.3) is 0 Å². The summed E-state index contributed by atoms with van der Waals surface area (Å²) in [7, 11) is 2.98. The van der Waals surface area contributed by atoms with Gasteiger partial charge in [-0.25, -0.2) is 9.59 Å². The molecule has 1 N–H and O–H groups in total. The van der Waals surface area contributed by atoms with Gasteiger partial charge in [0, 0.05) is 26.6 Å². The van der Waals surface area contributed by atoms with Crippen LogP contribution < -0.4 is 5.32 Å². The zero-order valence-electron chi connectivity index (χ0n) is 17.6. The van der Waals surface area contributed by atoms with Crippen LogP contribution in [0.4, 0.5) is 4.79 Å². The van der Waals surface area contributed by atoms with E-state index in [1.54, 1.807) is 31.3 Å². The number of benzene rings is 2. The highest BCUT2D eigenvalue weighted by Gasteiger charge is 2.45. The minimum atomic E-state index is -1.17. The number of esters is 1. The van der Waals surface area contributed by atoms with Crippen LogP contribution in [0, 0.1) is 0 Å². The van der Waals surface area contributed by atoms with Crippen LogP contribution >= 0.6 is 0 Å². The summed E-state index contributed by atoms with van der Waals surface area (Å²) >= 11 is 0. The third kappa shape index (κ3) is 5.61. The maximum absolute atomic E-state index is 13.2. The van der Waals surface area contributed by atoms with Crippen molar-refractivity contribution in [2.75, 3.05) is 27.4 Å². The first-order chi connectivity index (χ1) is 14.9. The predicted octanol–water partition coefficient (Wildman–Crippen LogP) is 2.52. The zero-order valence-corrected chi connectivity index (χ0v) is 17.6. The van der Waals surface area contributed by atoms with E-state index in [0.717, 1.165) is 11.1 Å². The van der Waals surface area contributed by atoms with Gasteiger partial charge < -0.3 is 24.4 Å². The first-order valence-corrected chi connectivity index (χ1v) is 9.93. The molecule has 8 heteroatoms. The smallest absolute Gasteiger partial charge is 0.408 e. The van der Waals surface area contributed by atoms with Crippen molar-refractivity contribution in [2.24, 2.45) is 0 Å². The van der Waals surface area contributed by atoms with Gasteiger partial charge in [0.15, 0.2) is 0 Å². The number of likely N-dealkylation sites (N-methyl/N-ethyl adjacent to an activating group) is 1. The fourth-order valence-corrected chi connectivity index (χ4v) is 3.42. The normalized spacial score (nSPS) is 17.6. The fourth-order valence-electron chi connectivity index (χ4n) is 3.42. The van der Waals surface area contributed by atoms with Gasteiger partial charge >= 0.3 is 12.1 Å². The summed E-state index contributed by atoms with van der Waals surface area (Å²) < 4.78 is 15.4. The molecule has 8 nitrogen and oxygen atoms in total. The SMILES string of the molecule is COC(=O)c1ccc(CN(C)C(=O)[C@@]2(NC(=O)OCc3ccccc3)CCOC2)cc1. The molecule has 0 aliphatic carbocycles. The van der Waals surface area contributed by atoms with Crippen molar-refractivity contribution in [1.29, 1.82) is 0 Å². The van der Waals surface area contributed by atoms with Gasteiger partial charge in [-0.15, -0.1) is 0 Å². The van der Waals surface area contributed by atoms with Gasteiger partial charge in [-0.3, -0.25) is 4.79 Å². The molecule has 1 aliphatic heterocycles. The minimum absolute atomic E-state index is 0.0812. The highest BCUT2D eigenvalue weighted by Crippen LogP contribution is 2.23. The Labute approximate surface area is 181 Å².